The third kappa shape index (κ3) is 3.65. The van der Waals surface area contributed by atoms with Crippen LogP contribution in [0, 0.1) is 17.1 Å². The van der Waals surface area contributed by atoms with E-state index in [2.05, 4.69) is 11.4 Å². The van der Waals surface area contributed by atoms with E-state index in [1.54, 1.807) is 24.3 Å². The van der Waals surface area contributed by atoms with Crippen molar-refractivity contribution < 1.29 is 14.3 Å². The average Bonchev–Trinajstić information content (AvgIpc) is 2.62. The Hall–Kier alpha value is -3.65. The number of carbonyl (C=O) groups is 1. The third-order valence-corrected chi connectivity index (χ3v) is 3.69. The first-order chi connectivity index (χ1) is 12.1. The first-order valence-corrected chi connectivity index (χ1v) is 7.47. The van der Waals surface area contributed by atoms with Crippen LogP contribution in [0.3, 0.4) is 0 Å². The molecule has 0 saturated heterocycles. The number of halogens is 1. The molecule has 25 heavy (non-hydrogen) atoms. The highest BCUT2D eigenvalue weighted by atomic mass is 19.1. The SMILES string of the molecule is N#Cc1ccc(-c2ccc(NC(=O)c3ccc(F)cc3O)cc2)cc1. The summed E-state index contributed by atoms with van der Waals surface area (Å²) in [5, 5.41) is 21.1. The second-order valence-electron chi connectivity index (χ2n) is 5.38. The Balaban J connectivity index is 1.76. The van der Waals surface area contributed by atoms with Crippen LogP contribution in [0.15, 0.2) is 66.7 Å². The molecule has 4 nitrogen and oxygen atoms in total. The molecule has 2 N–H and O–H groups in total. The molecule has 0 aromatic heterocycles. The number of anilines is 1. The fourth-order valence-corrected chi connectivity index (χ4v) is 2.38. The number of rotatable bonds is 3. The van der Waals surface area contributed by atoms with Gasteiger partial charge in [0.15, 0.2) is 0 Å². The maximum Gasteiger partial charge on any atom is 0.259 e. The zero-order chi connectivity index (χ0) is 17.8. The number of phenols is 1. The Morgan fingerprint density at radius 3 is 2.12 bits per heavy atom. The van der Waals surface area contributed by atoms with Gasteiger partial charge in [0.2, 0.25) is 0 Å². The lowest BCUT2D eigenvalue weighted by Crippen LogP contribution is -2.12. The molecule has 122 valence electrons. The summed E-state index contributed by atoms with van der Waals surface area (Å²) in [6.45, 7) is 0. The van der Waals surface area contributed by atoms with E-state index in [0.29, 0.717) is 11.3 Å². The summed E-state index contributed by atoms with van der Waals surface area (Å²) in [6, 6.07) is 19.6. The van der Waals surface area contributed by atoms with Gasteiger partial charge in [0.1, 0.15) is 11.6 Å². The highest BCUT2D eigenvalue weighted by molar-refractivity contribution is 6.06. The van der Waals surface area contributed by atoms with E-state index >= 15 is 0 Å². The van der Waals surface area contributed by atoms with Crippen LogP contribution in [-0.2, 0) is 0 Å². The molecule has 0 fully saturated rings. The Labute approximate surface area is 143 Å². The normalized spacial score (nSPS) is 10.1. The summed E-state index contributed by atoms with van der Waals surface area (Å²) < 4.78 is 13.0. The first kappa shape index (κ1) is 16.2. The number of aromatic hydroxyl groups is 1. The van der Waals surface area contributed by atoms with Crippen molar-refractivity contribution in [1.29, 1.82) is 5.26 Å². The maximum absolute atomic E-state index is 13.0. The Kier molecular flexibility index (Phi) is 4.44. The molecule has 5 heteroatoms. The molecule has 3 aromatic rings. The number of carbonyl (C=O) groups excluding carboxylic acids is 1. The van der Waals surface area contributed by atoms with E-state index in [4.69, 9.17) is 5.26 Å². The van der Waals surface area contributed by atoms with Crippen molar-refractivity contribution in [3.63, 3.8) is 0 Å². The third-order valence-electron chi connectivity index (χ3n) is 3.69. The minimum absolute atomic E-state index is 0.00225. The van der Waals surface area contributed by atoms with Crippen molar-refractivity contribution >= 4 is 11.6 Å². The van der Waals surface area contributed by atoms with Crippen LogP contribution in [0.2, 0.25) is 0 Å². The lowest BCUT2D eigenvalue weighted by Gasteiger charge is -2.08. The van der Waals surface area contributed by atoms with Gasteiger partial charge in [0.05, 0.1) is 17.2 Å². The summed E-state index contributed by atoms with van der Waals surface area (Å²) in [4.78, 5) is 12.1. The van der Waals surface area contributed by atoms with Gasteiger partial charge in [-0.05, 0) is 47.5 Å². The number of phenolic OH excluding ortho intramolecular Hbond substituents is 1. The van der Waals surface area contributed by atoms with Gasteiger partial charge in [-0.3, -0.25) is 4.79 Å². The summed E-state index contributed by atoms with van der Waals surface area (Å²) >= 11 is 0. The number of hydrogen-bond acceptors (Lipinski definition) is 3. The average molecular weight is 332 g/mol. The predicted octanol–water partition coefficient (Wildman–Crippen LogP) is 4.32. The van der Waals surface area contributed by atoms with Gasteiger partial charge in [-0.15, -0.1) is 0 Å². The minimum Gasteiger partial charge on any atom is -0.507 e. The Morgan fingerprint density at radius 1 is 0.960 bits per heavy atom. The smallest absolute Gasteiger partial charge is 0.259 e. The van der Waals surface area contributed by atoms with Crippen LogP contribution in [-0.4, -0.2) is 11.0 Å². The summed E-state index contributed by atoms with van der Waals surface area (Å²) in [7, 11) is 0. The van der Waals surface area contributed by atoms with Crippen LogP contribution < -0.4 is 5.32 Å². The highest BCUT2D eigenvalue weighted by Gasteiger charge is 2.12. The number of nitriles is 1. The summed E-state index contributed by atoms with van der Waals surface area (Å²) in [5.41, 5.74) is 3.02. The van der Waals surface area contributed by atoms with E-state index in [-0.39, 0.29) is 5.56 Å². The molecule has 0 unspecified atom stereocenters. The fraction of sp³-hybridized carbons (Fsp3) is 0. The summed E-state index contributed by atoms with van der Waals surface area (Å²) in [5.74, 6) is -1.55. The molecule has 0 saturated carbocycles. The number of nitrogens with one attached hydrogen (secondary N) is 1. The van der Waals surface area contributed by atoms with E-state index in [1.807, 2.05) is 24.3 Å². The molecular formula is C20H13FN2O2. The van der Waals surface area contributed by atoms with Gasteiger partial charge in [0, 0.05) is 11.8 Å². The quantitative estimate of drug-likeness (QED) is 0.750. The largest absolute Gasteiger partial charge is 0.507 e. The zero-order valence-corrected chi connectivity index (χ0v) is 13.0. The van der Waals surface area contributed by atoms with Crippen LogP contribution in [0.1, 0.15) is 15.9 Å². The van der Waals surface area contributed by atoms with Crippen molar-refractivity contribution in [2.45, 2.75) is 0 Å². The van der Waals surface area contributed by atoms with Gasteiger partial charge < -0.3 is 10.4 Å². The lowest BCUT2D eigenvalue weighted by atomic mass is 10.0. The Bertz CT molecular complexity index is 958. The van der Waals surface area contributed by atoms with E-state index in [9.17, 15) is 14.3 Å². The van der Waals surface area contributed by atoms with Gasteiger partial charge in [-0.1, -0.05) is 24.3 Å². The molecule has 0 aliphatic rings. The molecule has 0 aliphatic carbocycles. The molecular weight excluding hydrogens is 319 g/mol. The minimum atomic E-state index is -0.610. The van der Waals surface area contributed by atoms with Crippen LogP contribution >= 0.6 is 0 Å². The maximum atomic E-state index is 13.0. The summed E-state index contributed by atoms with van der Waals surface area (Å²) in [6.07, 6.45) is 0. The predicted molar refractivity (Wildman–Crippen MR) is 92.6 cm³/mol. The first-order valence-electron chi connectivity index (χ1n) is 7.47. The molecule has 0 atom stereocenters. The standard InChI is InChI=1S/C20H13FN2O2/c21-16-7-10-18(19(24)11-16)20(25)23-17-8-5-15(6-9-17)14-3-1-13(12-22)2-4-14/h1-11,24H,(H,23,25). The van der Waals surface area contributed by atoms with Crippen molar-refractivity contribution in [2.75, 3.05) is 5.32 Å². The van der Waals surface area contributed by atoms with Crippen molar-refractivity contribution in [3.8, 4) is 22.9 Å². The zero-order valence-electron chi connectivity index (χ0n) is 13.0. The number of benzene rings is 3. The lowest BCUT2D eigenvalue weighted by molar-refractivity contribution is 0.102. The number of hydrogen-bond donors (Lipinski definition) is 2. The second kappa shape index (κ2) is 6.85. The molecule has 0 spiro atoms. The topological polar surface area (TPSA) is 73.1 Å². The van der Waals surface area contributed by atoms with E-state index in [0.717, 1.165) is 23.3 Å². The second-order valence-corrected chi connectivity index (χ2v) is 5.38. The van der Waals surface area contributed by atoms with Gasteiger partial charge in [-0.2, -0.15) is 5.26 Å². The molecule has 0 aliphatic heterocycles. The van der Waals surface area contributed by atoms with Gasteiger partial charge in [0.25, 0.3) is 5.91 Å². The molecule has 0 radical (unpaired) electrons. The van der Waals surface area contributed by atoms with Gasteiger partial charge >= 0.3 is 0 Å². The van der Waals surface area contributed by atoms with Crippen molar-refractivity contribution in [1.82, 2.24) is 0 Å². The van der Waals surface area contributed by atoms with Gasteiger partial charge in [-0.25, -0.2) is 4.39 Å². The molecule has 0 heterocycles. The molecule has 3 aromatic carbocycles. The Morgan fingerprint density at radius 2 is 1.56 bits per heavy atom. The van der Waals surface area contributed by atoms with Crippen LogP contribution in [0.4, 0.5) is 10.1 Å². The number of amides is 1. The van der Waals surface area contributed by atoms with Crippen molar-refractivity contribution in [2.24, 2.45) is 0 Å². The monoisotopic (exact) mass is 332 g/mol. The fourth-order valence-electron chi connectivity index (χ4n) is 2.38. The van der Waals surface area contributed by atoms with Crippen LogP contribution in [0.25, 0.3) is 11.1 Å². The van der Waals surface area contributed by atoms with E-state index in [1.165, 1.54) is 6.07 Å². The van der Waals surface area contributed by atoms with Crippen LogP contribution in [0.5, 0.6) is 5.75 Å². The molecule has 1 amide bonds. The highest BCUT2D eigenvalue weighted by Crippen LogP contribution is 2.23. The van der Waals surface area contributed by atoms with Crippen molar-refractivity contribution in [3.05, 3.63) is 83.7 Å². The molecule has 3 rings (SSSR count). The number of nitrogens with zero attached hydrogens (tertiary/aromatic N) is 1. The van der Waals surface area contributed by atoms with E-state index < -0.39 is 17.5 Å². The molecule has 0 bridgehead atoms.